The molecule has 1 aliphatic rings. The molecule has 0 radical (unpaired) electrons. The second kappa shape index (κ2) is 9.36. The Labute approximate surface area is 200 Å². The second-order valence-electron chi connectivity index (χ2n) is 7.71. The van der Waals surface area contributed by atoms with Gasteiger partial charge in [0, 0.05) is 16.6 Å². The van der Waals surface area contributed by atoms with Crippen molar-refractivity contribution in [2.75, 3.05) is 16.8 Å². The predicted octanol–water partition coefficient (Wildman–Crippen LogP) is 5.36. The van der Waals surface area contributed by atoms with E-state index in [1.165, 1.54) is 16.2 Å². The van der Waals surface area contributed by atoms with Crippen LogP contribution >= 0.6 is 11.3 Å². The van der Waals surface area contributed by atoms with E-state index in [9.17, 15) is 9.59 Å². The normalized spacial score (nSPS) is 13.6. The van der Waals surface area contributed by atoms with Crippen LogP contribution in [-0.2, 0) is 9.59 Å². The summed E-state index contributed by atoms with van der Waals surface area (Å²) in [6, 6.07) is 21.3. The first-order valence-electron chi connectivity index (χ1n) is 10.7. The maximum Gasteiger partial charge on any atom is 0.265 e. The highest BCUT2D eigenvalue weighted by molar-refractivity contribution is 7.07. The fourth-order valence-corrected chi connectivity index (χ4v) is 4.27. The number of carbonyl (C=O) groups is 2. The number of para-hydroxylation sites is 1. The van der Waals surface area contributed by atoms with Gasteiger partial charge in [0.2, 0.25) is 5.91 Å². The highest BCUT2D eigenvalue weighted by Gasteiger charge is 2.33. The summed E-state index contributed by atoms with van der Waals surface area (Å²) in [7, 11) is 0. The molecule has 170 valence electrons. The maximum atomic E-state index is 13.1. The van der Waals surface area contributed by atoms with Crippen molar-refractivity contribution in [2.24, 2.45) is 0 Å². The summed E-state index contributed by atoms with van der Waals surface area (Å²) in [5, 5.41) is 4.81. The molecule has 0 saturated carbocycles. The molecule has 0 bridgehead atoms. The lowest BCUT2D eigenvalue weighted by atomic mass is 10.1. The average molecular weight is 472 g/mol. The van der Waals surface area contributed by atoms with E-state index < -0.39 is 6.04 Å². The Bertz CT molecular complexity index is 1310. The average Bonchev–Trinajstić information content (AvgIpc) is 3.40. The van der Waals surface area contributed by atoms with Crippen LogP contribution in [0.25, 0.3) is 11.3 Å². The molecule has 1 aromatic heterocycles. The van der Waals surface area contributed by atoms with Crippen LogP contribution in [0.15, 0.2) is 83.7 Å². The van der Waals surface area contributed by atoms with E-state index in [1.807, 2.05) is 47.8 Å². The zero-order valence-corrected chi connectivity index (χ0v) is 19.1. The number of hydrogen-bond acceptors (Lipinski definition) is 6. The van der Waals surface area contributed by atoms with Crippen molar-refractivity contribution in [1.82, 2.24) is 4.98 Å². The molecular formula is C26H21N3O4S. The van der Waals surface area contributed by atoms with Crippen molar-refractivity contribution in [3.05, 3.63) is 83.7 Å². The van der Waals surface area contributed by atoms with E-state index in [0.29, 0.717) is 22.9 Å². The molecular weight excluding hydrogens is 450 g/mol. The zero-order valence-electron chi connectivity index (χ0n) is 18.3. The van der Waals surface area contributed by atoms with E-state index in [-0.39, 0.29) is 18.4 Å². The Kier molecular flexibility index (Phi) is 5.97. The van der Waals surface area contributed by atoms with E-state index in [1.54, 1.807) is 42.8 Å². The van der Waals surface area contributed by atoms with Gasteiger partial charge in [-0.25, -0.2) is 4.98 Å². The fourth-order valence-electron chi connectivity index (χ4n) is 3.70. The Balaban J connectivity index is 1.32. The molecule has 7 nitrogen and oxygen atoms in total. The number of nitrogens with one attached hydrogen (secondary N) is 1. The van der Waals surface area contributed by atoms with E-state index >= 15 is 0 Å². The number of rotatable bonds is 6. The summed E-state index contributed by atoms with van der Waals surface area (Å²) in [4.78, 5) is 31.6. The number of amides is 2. The standard InChI is InChI=1S/C26H21N3O4S/c1-17(26(31)28-19-8-10-21(11-9-19)33-20-5-3-2-4-6-20)29-23-13-18(22-15-34-16-27-22)7-12-24(23)32-14-25(29)30/h2-13,15-17H,14H2,1H3,(H,28,31). The first-order valence-corrected chi connectivity index (χ1v) is 11.6. The summed E-state index contributed by atoms with van der Waals surface area (Å²) in [6.07, 6.45) is 0. The van der Waals surface area contributed by atoms with Crippen molar-refractivity contribution in [3.63, 3.8) is 0 Å². The number of nitrogens with zero attached hydrogens (tertiary/aromatic N) is 2. The number of thiazole rings is 1. The monoisotopic (exact) mass is 471 g/mol. The van der Waals surface area contributed by atoms with Crippen molar-refractivity contribution in [3.8, 4) is 28.5 Å². The van der Waals surface area contributed by atoms with Gasteiger partial charge in [-0.3, -0.25) is 14.5 Å². The molecule has 8 heteroatoms. The summed E-state index contributed by atoms with van der Waals surface area (Å²) < 4.78 is 11.4. The van der Waals surface area contributed by atoms with E-state index in [4.69, 9.17) is 9.47 Å². The van der Waals surface area contributed by atoms with E-state index in [2.05, 4.69) is 10.3 Å². The lowest BCUT2D eigenvalue weighted by Gasteiger charge is -2.33. The van der Waals surface area contributed by atoms with Crippen LogP contribution in [0, 0.1) is 0 Å². The molecule has 0 saturated heterocycles. The number of aromatic nitrogens is 1. The minimum Gasteiger partial charge on any atom is -0.482 e. The third kappa shape index (κ3) is 4.49. The van der Waals surface area contributed by atoms with Crippen LogP contribution in [0.2, 0.25) is 0 Å². The summed E-state index contributed by atoms with van der Waals surface area (Å²) in [5.74, 6) is 1.35. The Morgan fingerprint density at radius 2 is 1.85 bits per heavy atom. The molecule has 3 aromatic carbocycles. The van der Waals surface area contributed by atoms with Gasteiger partial charge in [0.1, 0.15) is 23.3 Å². The van der Waals surface area contributed by atoms with Crippen LogP contribution in [-0.4, -0.2) is 29.4 Å². The number of hydrogen-bond donors (Lipinski definition) is 1. The van der Waals surface area contributed by atoms with Crippen molar-refractivity contribution < 1.29 is 19.1 Å². The van der Waals surface area contributed by atoms with Crippen LogP contribution in [0.1, 0.15) is 6.92 Å². The van der Waals surface area contributed by atoms with Gasteiger partial charge in [-0.2, -0.15) is 0 Å². The van der Waals surface area contributed by atoms with Gasteiger partial charge >= 0.3 is 0 Å². The molecule has 0 aliphatic carbocycles. The van der Waals surface area contributed by atoms with Crippen molar-refractivity contribution in [1.29, 1.82) is 0 Å². The largest absolute Gasteiger partial charge is 0.482 e. The third-order valence-corrected chi connectivity index (χ3v) is 6.02. The molecule has 1 aliphatic heterocycles. The van der Waals surface area contributed by atoms with E-state index in [0.717, 1.165) is 17.0 Å². The minimum absolute atomic E-state index is 0.119. The molecule has 1 N–H and O–H groups in total. The molecule has 5 rings (SSSR count). The Morgan fingerprint density at radius 3 is 2.59 bits per heavy atom. The smallest absolute Gasteiger partial charge is 0.265 e. The van der Waals surface area contributed by atoms with Gasteiger partial charge in [0.05, 0.1) is 16.9 Å². The molecule has 2 heterocycles. The van der Waals surface area contributed by atoms with Gasteiger partial charge in [0.15, 0.2) is 6.61 Å². The number of ether oxygens (including phenoxy) is 2. The highest BCUT2D eigenvalue weighted by Crippen LogP contribution is 2.37. The molecule has 1 atom stereocenters. The summed E-state index contributed by atoms with van der Waals surface area (Å²) in [6.45, 7) is 1.58. The quantitative estimate of drug-likeness (QED) is 0.410. The Morgan fingerprint density at radius 1 is 1.09 bits per heavy atom. The minimum atomic E-state index is -0.749. The van der Waals surface area contributed by atoms with Crippen molar-refractivity contribution >= 4 is 34.5 Å². The van der Waals surface area contributed by atoms with Gasteiger partial charge in [0.25, 0.3) is 5.91 Å². The number of anilines is 2. The second-order valence-corrected chi connectivity index (χ2v) is 8.43. The molecule has 0 spiro atoms. The highest BCUT2D eigenvalue weighted by atomic mass is 32.1. The first kappa shape index (κ1) is 21.7. The van der Waals surface area contributed by atoms with Gasteiger partial charge < -0.3 is 14.8 Å². The molecule has 34 heavy (non-hydrogen) atoms. The molecule has 4 aromatic rings. The molecule has 2 amide bonds. The van der Waals surface area contributed by atoms with Gasteiger partial charge in [-0.05, 0) is 61.5 Å². The van der Waals surface area contributed by atoms with Gasteiger partial charge in [-0.15, -0.1) is 11.3 Å². The maximum absolute atomic E-state index is 13.1. The first-order chi connectivity index (χ1) is 16.6. The third-order valence-electron chi connectivity index (χ3n) is 5.43. The number of fused-ring (bicyclic) bond motifs is 1. The zero-order chi connectivity index (χ0) is 23.5. The summed E-state index contributed by atoms with van der Waals surface area (Å²) in [5.41, 5.74) is 4.57. The van der Waals surface area contributed by atoms with Crippen LogP contribution in [0.4, 0.5) is 11.4 Å². The fraction of sp³-hybridized carbons (Fsp3) is 0.115. The molecule has 0 fully saturated rings. The van der Waals surface area contributed by atoms with Gasteiger partial charge in [-0.1, -0.05) is 18.2 Å². The summed E-state index contributed by atoms with van der Waals surface area (Å²) >= 11 is 1.49. The lowest BCUT2D eigenvalue weighted by Crippen LogP contribution is -2.49. The number of carbonyl (C=O) groups excluding carboxylic acids is 2. The topological polar surface area (TPSA) is 80.8 Å². The Hall–Kier alpha value is -4.17. The van der Waals surface area contributed by atoms with Crippen LogP contribution in [0.3, 0.4) is 0 Å². The SMILES string of the molecule is CC(C(=O)Nc1ccc(Oc2ccccc2)cc1)N1C(=O)COc2ccc(-c3cscn3)cc21. The lowest BCUT2D eigenvalue weighted by molar-refractivity contribution is -0.125. The van der Waals surface area contributed by atoms with Crippen LogP contribution < -0.4 is 19.7 Å². The van der Waals surface area contributed by atoms with Crippen LogP contribution in [0.5, 0.6) is 17.2 Å². The molecule has 1 unspecified atom stereocenters. The number of benzene rings is 3. The van der Waals surface area contributed by atoms with Crippen molar-refractivity contribution in [2.45, 2.75) is 13.0 Å². The predicted molar refractivity (Wildman–Crippen MR) is 132 cm³/mol.